The second-order valence-corrected chi connectivity index (χ2v) is 6.71. The average Bonchev–Trinajstić information content (AvgIpc) is 3.08. The number of carbonyl (C=O) groups is 3. The van der Waals surface area contributed by atoms with Crippen LogP contribution in [0, 0.1) is 13.8 Å². The minimum atomic E-state index is -0.593. The van der Waals surface area contributed by atoms with Crippen LogP contribution in [-0.4, -0.2) is 29.3 Å². The van der Waals surface area contributed by atoms with Gasteiger partial charge in [-0.15, -0.1) is 11.3 Å². The number of nitrogens with zero attached hydrogens (tertiary/aromatic N) is 1. The molecule has 128 valence electrons. The normalized spacial score (nSPS) is 15.6. The number of anilines is 1. The van der Waals surface area contributed by atoms with Gasteiger partial charge in [-0.05, 0) is 49.1 Å². The third-order valence-electron chi connectivity index (χ3n) is 3.78. The molecule has 0 aliphatic carbocycles. The zero-order valence-electron chi connectivity index (χ0n) is 13.8. The van der Waals surface area contributed by atoms with Crippen LogP contribution in [0.25, 0.3) is 6.08 Å². The highest BCUT2D eigenvalue weighted by Crippen LogP contribution is 2.21. The van der Waals surface area contributed by atoms with E-state index in [1.54, 1.807) is 18.2 Å². The lowest BCUT2D eigenvalue weighted by Gasteiger charge is -2.12. The van der Waals surface area contributed by atoms with Gasteiger partial charge in [0.25, 0.3) is 5.91 Å². The van der Waals surface area contributed by atoms with Crippen LogP contribution in [0.15, 0.2) is 41.4 Å². The van der Waals surface area contributed by atoms with Crippen molar-refractivity contribution in [2.45, 2.75) is 13.8 Å². The molecule has 1 aliphatic rings. The minimum absolute atomic E-state index is 0.179. The van der Waals surface area contributed by atoms with Crippen molar-refractivity contribution >= 4 is 40.9 Å². The van der Waals surface area contributed by atoms with Crippen LogP contribution in [0.2, 0.25) is 0 Å². The molecule has 0 atom stereocenters. The summed E-state index contributed by atoms with van der Waals surface area (Å²) in [6.07, 6.45) is 1.64. The van der Waals surface area contributed by atoms with Crippen molar-refractivity contribution in [1.29, 1.82) is 0 Å². The van der Waals surface area contributed by atoms with E-state index < -0.39 is 17.8 Å². The zero-order valence-corrected chi connectivity index (χ0v) is 14.6. The highest BCUT2D eigenvalue weighted by molar-refractivity contribution is 7.11. The first kappa shape index (κ1) is 16.9. The first-order chi connectivity index (χ1) is 11.9. The molecule has 3 rings (SSSR count). The van der Waals surface area contributed by atoms with Crippen molar-refractivity contribution in [3.8, 4) is 0 Å². The van der Waals surface area contributed by atoms with Crippen LogP contribution >= 0.6 is 11.3 Å². The second-order valence-electron chi connectivity index (χ2n) is 5.76. The van der Waals surface area contributed by atoms with Crippen LogP contribution in [0.4, 0.5) is 10.5 Å². The standard InChI is InChI=1S/C18H17N3O3S/c1-11-3-5-13(6-4-11)19-16(22)10-21-17(23)14(20-18(21)24)9-15-12(2)7-8-25-15/h3-9H,10H2,1-2H3,(H,19,22)(H,20,24). The number of nitrogens with one attached hydrogen (secondary N) is 2. The number of imide groups is 1. The Bertz CT molecular complexity index is 868. The molecule has 0 saturated carbocycles. The maximum absolute atomic E-state index is 12.4. The van der Waals surface area contributed by atoms with Crippen molar-refractivity contribution in [3.05, 3.63) is 57.4 Å². The lowest BCUT2D eigenvalue weighted by atomic mass is 10.2. The Morgan fingerprint density at radius 2 is 1.92 bits per heavy atom. The Morgan fingerprint density at radius 1 is 1.20 bits per heavy atom. The number of carbonyl (C=O) groups excluding carboxylic acids is 3. The molecular formula is C18H17N3O3S. The van der Waals surface area contributed by atoms with Gasteiger partial charge < -0.3 is 10.6 Å². The molecule has 0 bridgehead atoms. The second kappa shape index (κ2) is 6.90. The van der Waals surface area contributed by atoms with E-state index in [1.807, 2.05) is 37.4 Å². The Labute approximate surface area is 149 Å². The third-order valence-corrected chi connectivity index (χ3v) is 4.74. The summed E-state index contributed by atoms with van der Waals surface area (Å²) in [7, 11) is 0. The van der Waals surface area contributed by atoms with Gasteiger partial charge in [0.2, 0.25) is 5.91 Å². The van der Waals surface area contributed by atoms with Gasteiger partial charge in [0.1, 0.15) is 12.2 Å². The van der Waals surface area contributed by atoms with Crippen LogP contribution in [0.5, 0.6) is 0 Å². The van der Waals surface area contributed by atoms with E-state index in [1.165, 1.54) is 11.3 Å². The molecule has 1 aromatic heterocycles. The largest absolute Gasteiger partial charge is 0.329 e. The predicted octanol–water partition coefficient (Wildman–Crippen LogP) is 2.90. The maximum atomic E-state index is 12.4. The first-order valence-corrected chi connectivity index (χ1v) is 8.57. The number of urea groups is 1. The lowest BCUT2D eigenvalue weighted by Crippen LogP contribution is -2.38. The molecule has 6 nitrogen and oxygen atoms in total. The van der Waals surface area contributed by atoms with Crippen LogP contribution < -0.4 is 10.6 Å². The number of hydrogen-bond donors (Lipinski definition) is 2. The van der Waals surface area contributed by atoms with Crippen molar-refractivity contribution in [3.63, 3.8) is 0 Å². The Morgan fingerprint density at radius 3 is 2.56 bits per heavy atom. The van der Waals surface area contributed by atoms with E-state index in [4.69, 9.17) is 0 Å². The summed E-state index contributed by atoms with van der Waals surface area (Å²) in [5.74, 6) is -0.933. The van der Waals surface area contributed by atoms with Crippen molar-refractivity contribution < 1.29 is 14.4 Å². The van der Waals surface area contributed by atoms with Gasteiger partial charge in [0, 0.05) is 10.6 Å². The van der Waals surface area contributed by atoms with E-state index >= 15 is 0 Å². The number of aryl methyl sites for hydroxylation is 2. The molecule has 1 aromatic carbocycles. The smallest absolute Gasteiger partial charge is 0.325 e. The summed E-state index contributed by atoms with van der Waals surface area (Å²) < 4.78 is 0. The molecule has 2 aromatic rings. The Kier molecular flexibility index (Phi) is 4.67. The fraction of sp³-hybridized carbons (Fsp3) is 0.167. The zero-order chi connectivity index (χ0) is 18.0. The first-order valence-electron chi connectivity index (χ1n) is 7.69. The van der Waals surface area contributed by atoms with E-state index in [-0.39, 0.29) is 12.2 Å². The SMILES string of the molecule is Cc1ccc(NC(=O)CN2C(=O)NC(=Cc3sccc3C)C2=O)cc1. The summed E-state index contributed by atoms with van der Waals surface area (Å²) in [6.45, 7) is 3.54. The topological polar surface area (TPSA) is 78.5 Å². The molecule has 7 heteroatoms. The Balaban J connectivity index is 1.68. The molecular weight excluding hydrogens is 338 g/mol. The number of rotatable bonds is 4. The monoisotopic (exact) mass is 355 g/mol. The van der Waals surface area contributed by atoms with Crippen LogP contribution in [-0.2, 0) is 9.59 Å². The van der Waals surface area contributed by atoms with Gasteiger partial charge in [-0.3, -0.25) is 9.59 Å². The summed E-state index contributed by atoms with van der Waals surface area (Å²) in [5, 5.41) is 7.11. The molecule has 4 amide bonds. The van der Waals surface area contributed by atoms with Crippen LogP contribution in [0.3, 0.4) is 0 Å². The van der Waals surface area contributed by atoms with Gasteiger partial charge in [-0.1, -0.05) is 17.7 Å². The fourth-order valence-corrected chi connectivity index (χ4v) is 3.22. The average molecular weight is 355 g/mol. The highest BCUT2D eigenvalue weighted by Gasteiger charge is 2.35. The molecule has 1 aliphatic heterocycles. The molecule has 0 radical (unpaired) electrons. The van der Waals surface area contributed by atoms with Gasteiger partial charge in [-0.2, -0.15) is 0 Å². The summed E-state index contributed by atoms with van der Waals surface area (Å²) >= 11 is 1.48. The molecule has 2 heterocycles. The molecule has 0 spiro atoms. The van der Waals surface area contributed by atoms with E-state index in [0.717, 1.165) is 20.9 Å². The van der Waals surface area contributed by atoms with Crippen molar-refractivity contribution in [1.82, 2.24) is 10.2 Å². The van der Waals surface area contributed by atoms with Crippen molar-refractivity contribution in [2.24, 2.45) is 0 Å². The van der Waals surface area contributed by atoms with Crippen molar-refractivity contribution in [2.75, 3.05) is 11.9 Å². The minimum Gasteiger partial charge on any atom is -0.325 e. The van der Waals surface area contributed by atoms with Gasteiger partial charge >= 0.3 is 6.03 Å². The summed E-state index contributed by atoms with van der Waals surface area (Å²) in [6, 6.07) is 8.62. The van der Waals surface area contributed by atoms with E-state index in [0.29, 0.717) is 5.69 Å². The number of thiophene rings is 1. The van der Waals surface area contributed by atoms with Crippen LogP contribution in [0.1, 0.15) is 16.0 Å². The number of benzene rings is 1. The quantitative estimate of drug-likeness (QED) is 0.654. The molecule has 0 unspecified atom stereocenters. The highest BCUT2D eigenvalue weighted by atomic mass is 32.1. The fourth-order valence-electron chi connectivity index (χ4n) is 2.36. The van der Waals surface area contributed by atoms with E-state index in [2.05, 4.69) is 10.6 Å². The van der Waals surface area contributed by atoms with E-state index in [9.17, 15) is 14.4 Å². The lowest BCUT2D eigenvalue weighted by molar-refractivity contribution is -0.127. The van der Waals surface area contributed by atoms with Gasteiger partial charge in [-0.25, -0.2) is 9.69 Å². The molecule has 25 heavy (non-hydrogen) atoms. The number of hydrogen-bond acceptors (Lipinski definition) is 4. The molecule has 2 N–H and O–H groups in total. The Hall–Kier alpha value is -2.93. The molecule has 1 fully saturated rings. The maximum Gasteiger partial charge on any atom is 0.329 e. The summed E-state index contributed by atoms with van der Waals surface area (Å²) in [5.41, 5.74) is 2.90. The number of amides is 4. The molecule has 1 saturated heterocycles. The van der Waals surface area contributed by atoms with Gasteiger partial charge in [0.15, 0.2) is 0 Å². The third kappa shape index (κ3) is 3.77. The summed E-state index contributed by atoms with van der Waals surface area (Å²) in [4.78, 5) is 38.3. The van der Waals surface area contributed by atoms with Gasteiger partial charge in [0.05, 0.1) is 0 Å². The predicted molar refractivity (Wildman–Crippen MR) is 97.1 cm³/mol.